The molecule has 1 heterocycles. The first-order valence-electron chi connectivity index (χ1n) is 7.41. The molecule has 1 aliphatic heterocycles. The predicted octanol–water partition coefficient (Wildman–Crippen LogP) is 2.61. The Morgan fingerprint density at radius 1 is 1.35 bits per heavy atom. The van der Waals surface area contributed by atoms with Crippen LogP contribution in [-0.2, 0) is 11.3 Å². The molecular weight excluding hydrogens is 254 g/mol. The number of benzene rings is 1. The smallest absolute Gasteiger partial charge is 0.161 e. The van der Waals surface area contributed by atoms with Gasteiger partial charge < -0.3 is 19.5 Å². The standard InChI is InChI=1S/C16H25NO3/c1-3-20-15-5-4-14(10-16(15)18-2)11-17-8-6-13-7-9-19-12-13/h4-5,10,13,17H,3,6-9,11-12H2,1-2H3. The molecule has 0 radical (unpaired) electrons. The Morgan fingerprint density at radius 2 is 2.25 bits per heavy atom. The molecule has 0 spiro atoms. The summed E-state index contributed by atoms with van der Waals surface area (Å²) in [5.74, 6) is 2.34. The van der Waals surface area contributed by atoms with Gasteiger partial charge in [-0.15, -0.1) is 0 Å². The van der Waals surface area contributed by atoms with E-state index in [1.807, 2.05) is 19.1 Å². The molecule has 0 aromatic heterocycles. The lowest BCUT2D eigenvalue weighted by molar-refractivity contribution is 0.184. The second-order valence-electron chi connectivity index (χ2n) is 5.11. The van der Waals surface area contributed by atoms with Gasteiger partial charge in [0, 0.05) is 19.8 Å². The zero-order valence-corrected chi connectivity index (χ0v) is 12.5. The Kier molecular flexibility index (Phi) is 6.15. The maximum absolute atomic E-state index is 5.52. The van der Waals surface area contributed by atoms with Gasteiger partial charge in [-0.3, -0.25) is 0 Å². The predicted molar refractivity (Wildman–Crippen MR) is 79.4 cm³/mol. The summed E-state index contributed by atoms with van der Waals surface area (Å²) < 4.78 is 16.3. The summed E-state index contributed by atoms with van der Waals surface area (Å²) in [6, 6.07) is 6.10. The van der Waals surface area contributed by atoms with E-state index < -0.39 is 0 Å². The van der Waals surface area contributed by atoms with E-state index >= 15 is 0 Å². The van der Waals surface area contributed by atoms with E-state index in [4.69, 9.17) is 14.2 Å². The highest BCUT2D eigenvalue weighted by Crippen LogP contribution is 2.28. The first-order valence-corrected chi connectivity index (χ1v) is 7.41. The van der Waals surface area contributed by atoms with Crippen LogP contribution >= 0.6 is 0 Å². The van der Waals surface area contributed by atoms with Gasteiger partial charge in [0.25, 0.3) is 0 Å². The third-order valence-electron chi connectivity index (χ3n) is 3.61. The zero-order chi connectivity index (χ0) is 14.2. The molecule has 1 fully saturated rings. The van der Waals surface area contributed by atoms with Crippen LogP contribution in [0, 0.1) is 5.92 Å². The lowest BCUT2D eigenvalue weighted by Gasteiger charge is -2.12. The van der Waals surface area contributed by atoms with Crippen molar-refractivity contribution in [3.05, 3.63) is 23.8 Å². The molecule has 0 aliphatic carbocycles. The molecule has 0 saturated carbocycles. The Bertz CT molecular complexity index is 403. The second-order valence-corrected chi connectivity index (χ2v) is 5.11. The lowest BCUT2D eigenvalue weighted by atomic mass is 10.1. The molecule has 0 amide bonds. The summed E-state index contributed by atoms with van der Waals surface area (Å²) in [7, 11) is 1.68. The van der Waals surface area contributed by atoms with Crippen molar-refractivity contribution in [1.82, 2.24) is 5.32 Å². The van der Waals surface area contributed by atoms with Gasteiger partial charge in [-0.1, -0.05) is 6.07 Å². The van der Waals surface area contributed by atoms with Crippen LogP contribution in [0.4, 0.5) is 0 Å². The van der Waals surface area contributed by atoms with Crippen molar-refractivity contribution in [2.45, 2.75) is 26.3 Å². The molecular formula is C16H25NO3. The molecule has 1 atom stereocenters. The first kappa shape index (κ1) is 15.1. The van der Waals surface area contributed by atoms with Gasteiger partial charge in [0.1, 0.15) is 0 Å². The van der Waals surface area contributed by atoms with Crippen LogP contribution in [0.5, 0.6) is 11.5 Å². The van der Waals surface area contributed by atoms with E-state index in [0.29, 0.717) is 6.61 Å². The highest BCUT2D eigenvalue weighted by Gasteiger charge is 2.14. The fourth-order valence-electron chi connectivity index (χ4n) is 2.45. The number of ether oxygens (including phenoxy) is 3. The minimum Gasteiger partial charge on any atom is -0.493 e. The third kappa shape index (κ3) is 4.39. The highest BCUT2D eigenvalue weighted by molar-refractivity contribution is 5.42. The van der Waals surface area contributed by atoms with E-state index in [1.165, 1.54) is 18.4 Å². The fraction of sp³-hybridized carbons (Fsp3) is 0.625. The normalized spacial score (nSPS) is 18.2. The molecule has 4 heteroatoms. The molecule has 1 unspecified atom stereocenters. The van der Waals surface area contributed by atoms with Crippen LogP contribution in [0.3, 0.4) is 0 Å². The van der Waals surface area contributed by atoms with Crippen LogP contribution in [0.25, 0.3) is 0 Å². The van der Waals surface area contributed by atoms with Crippen LogP contribution in [-0.4, -0.2) is 33.5 Å². The number of hydrogen-bond acceptors (Lipinski definition) is 4. The van der Waals surface area contributed by atoms with Gasteiger partial charge in [0.2, 0.25) is 0 Å². The quantitative estimate of drug-likeness (QED) is 0.743. The van der Waals surface area contributed by atoms with Gasteiger partial charge in [-0.2, -0.15) is 0 Å². The molecule has 1 saturated heterocycles. The maximum Gasteiger partial charge on any atom is 0.161 e. The molecule has 2 rings (SSSR count). The average molecular weight is 279 g/mol. The summed E-state index contributed by atoms with van der Waals surface area (Å²) in [4.78, 5) is 0. The monoisotopic (exact) mass is 279 g/mol. The minimum atomic E-state index is 0.650. The van der Waals surface area contributed by atoms with Gasteiger partial charge in [0.15, 0.2) is 11.5 Å². The first-order chi connectivity index (χ1) is 9.83. The topological polar surface area (TPSA) is 39.7 Å². The Balaban J connectivity index is 1.77. The van der Waals surface area contributed by atoms with E-state index in [1.54, 1.807) is 7.11 Å². The summed E-state index contributed by atoms with van der Waals surface area (Å²) in [6.45, 7) is 6.37. The highest BCUT2D eigenvalue weighted by atomic mass is 16.5. The SMILES string of the molecule is CCOc1ccc(CNCCC2CCOC2)cc1OC. The second kappa shape index (κ2) is 8.12. The van der Waals surface area contributed by atoms with Gasteiger partial charge in [-0.25, -0.2) is 0 Å². The van der Waals surface area contributed by atoms with Crippen molar-refractivity contribution < 1.29 is 14.2 Å². The average Bonchev–Trinajstić information content (AvgIpc) is 2.98. The fourth-order valence-corrected chi connectivity index (χ4v) is 2.45. The van der Waals surface area contributed by atoms with Gasteiger partial charge in [-0.05, 0) is 49.9 Å². The Labute approximate surface area is 121 Å². The molecule has 20 heavy (non-hydrogen) atoms. The summed E-state index contributed by atoms with van der Waals surface area (Å²) in [5, 5.41) is 3.48. The summed E-state index contributed by atoms with van der Waals surface area (Å²) >= 11 is 0. The van der Waals surface area contributed by atoms with Crippen molar-refractivity contribution in [3.8, 4) is 11.5 Å². The largest absolute Gasteiger partial charge is 0.493 e. The van der Waals surface area contributed by atoms with Crippen LogP contribution in [0.15, 0.2) is 18.2 Å². The minimum absolute atomic E-state index is 0.650. The summed E-state index contributed by atoms with van der Waals surface area (Å²) in [5.41, 5.74) is 1.22. The lowest BCUT2D eigenvalue weighted by Crippen LogP contribution is -2.18. The van der Waals surface area contributed by atoms with Crippen LogP contribution in [0.1, 0.15) is 25.3 Å². The zero-order valence-electron chi connectivity index (χ0n) is 12.5. The number of nitrogens with one attached hydrogen (secondary N) is 1. The van der Waals surface area contributed by atoms with E-state index in [-0.39, 0.29) is 0 Å². The van der Waals surface area contributed by atoms with Crippen molar-refractivity contribution in [1.29, 1.82) is 0 Å². The van der Waals surface area contributed by atoms with Crippen molar-refractivity contribution in [2.75, 3.05) is 33.5 Å². The molecule has 1 aliphatic rings. The van der Waals surface area contributed by atoms with Gasteiger partial charge in [0.05, 0.1) is 13.7 Å². The Hall–Kier alpha value is -1.26. The van der Waals surface area contributed by atoms with E-state index in [0.717, 1.165) is 43.7 Å². The van der Waals surface area contributed by atoms with E-state index in [9.17, 15) is 0 Å². The number of hydrogen-bond donors (Lipinski definition) is 1. The molecule has 0 bridgehead atoms. The van der Waals surface area contributed by atoms with Crippen molar-refractivity contribution >= 4 is 0 Å². The Morgan fingerprint density at radius 3 is 2.95 bits per heavy atom. The number of rotatable bonds is 8. The molecule has 4 nitrogen and oxygen atoms in total. The molecule has 1 aromatic rings. The van der Waals surface area contributed by atoms with Crippen molar-refractivity contribution in [2.24, 2.45) is 5.92 Å². The number of methoxy groups -OCH3 is 1. The maximum atomic E-state index is 5.52. The molecule has 112 valence electrons. The van der Waals surface area contributed by atoms with Crippen LogP contribution in [0.2, 0.25) is 0 Å². The molecule has 1 N–H and O–H groups in total. The van der Waals surface area contributed by atoms with Gasteiger partial charge >= 0.3 is 0 Å². The third-order valence-corrected chi connectivity index (χ3v) is 3.61. The van der Waals surface area contributed by atoms with E-state index in [2.05, 4.69) is 11.4 Å². The van der Waals surface area contributed by atoms with Crippen molar-refractivity contribution in [3.63, 3.8) is 0 Å². The molecule has 1 aromatic carbocycles. The summed E-state index contributed by atoms with van der Waals surface area (Å²) in [6.07, 6.45) is 2.40. The van der Waals surface area contributed by atoms with Crippen LogP contribution < -0.4 is 14.8 Å².